The summed E-state index contributed by atoms with van der Waals surface area (Å²) in [5.74, 6) is 1.02. The third-order valence-corrected chi connectivity index (χ3v) is 7.42. The SMILES string of the molecule is CCCCc1nnc(OC2CCN(C)CC2)cc1-c1ccc(OCC2CCC(C(=O)O)CC2)cc1. The van der Waals surface area contributed by atoms with Gasteiger partial charge >= 0.3 is 5.97 Å². The Balaban J connectivity index is 1.40. The first kappa shape index (κ1) is 25.4. The van der Waals surface area contributed by atoms with Crippen molar-refractivity contribution >= 4 is 5.97 Å². The number of carbonyl (C=O) groups is 1. The van der Waals surface area contributed by atoms with Gasteiger partial charge in [0.05, 0.1) is 18.2 Å². The molecule has 0 amide bonds. The van der Waals surface area contributed by atoms with Gasteiger partial charge in [-0.25, -0.2) is 0 Å². The van der Waals surface area contributed by atoms with E-state index < -0.39 is 5.97 Å². The Morgan fingerprint density at radius 2 is 1.77 bits per heavy atom. The standard InChI is InChI=1S/C28H39N3O4/c1-3-4-5-26-25(18-27(30-29-26)35-24-14-16-31(2)17-15-24)21-10-12-23(13-11-21)34-19-20-6-8-22(9-7-20)28(32)33/h10-13,18,20,22,24H,3-9,14-17,19H2,1-2H3,(H,32,33). The second-order valence-corrected chi connectivity index (χ2v) is 10.2. The van der Waals surface area contributed by atoms with Crippen molar-refractivity contribution in [3.63, 3.8) is 0 Å². The molecule has 0 bridgehead atoms. The van der Waals surface area contributed by atoms with E-state index in [4.69, 9.17) is 9.47 Å². The fourth-order valence-corrected chi connectivity index (χ4v) is 5.03. The number of aryl methyl sites for hydroxylation is 1. The maximum absolute atomic E-state index is 11.2. The van der Waals surface area contributed by atoms with Crippen molar-refractivity contribution in [3.05, 3.63) is 36.0 Å². The number of aromatic nitrogens is 2. The summed E-state index contributed by atoms with van der Waals surface area (Å²) >= 11 is 0. The van der Waals surface area contributed by atoms with Gasteiger partial charge in [0.1, 0.15) is 11.9 Å². The summed E-state index contributed by atoms with van der Waals surface area (Å²) in [6.07, 6.45) is 8.61. The first-order valence-electron chi connectivity index (χ1n) is 13.2. The van der Waals surface area contributed by atoms with Gasteiger partial charge in [-0.05, 0) is 82.0 Å². The molecule has 2 heterocycles. The lowest BCUT2D eigenvalue weighted by atomic mass is 9.82. The third-order valence-electron chi connectivity index (χ3n) is 7.42. The van der Waals surface area contributed by atoms with Crippen molar-refractivity contribution in [2.24, 2.45) is 11.8 Å². The van der Waals surface area contributed by atoms with Crippen molar-refractivity contribution in [1.29, 1.82) is 0 Å². The number of ether oxygens (including phenoxy) is 2. The van der Waals surface area contributed by atoms with Crippen LogP contribution in [0.2, 0.25) is 0 Å². The predicted molar refractivity (Wildman–Crippen MR) is 136 cm³/mol. The van der Waals surface area contributed by atoms with Crippen LogP contribution >= 0.6 is 0 Å². The number of hydrogen-bond donors (Lipinski definition) is 1. The first-order valence-corrected chi connectivity index (χ1v) is 13.2. The fourth-order valence-electron chi connectivity index (χ4n) is 5.03. The van der Waals surface area contributed by atoms with E-state index in [1.165, 1.54) is 0 Å². The number of hydrogen-bond acceptors (Lipinski definition) is 6. The highest BCUT2D eigenvalue weighted by Gasteiger charge is 2.26. The van der Waals surface area contributed by atoms with Gasteiger partial charge in [-0.2, -0.15) is 5.10 Å². The van der Waals surface area contributed by atoms with Crippen LogP contribution in [0.25, 0.3) is 11.1 Å². The van der Waals surface area contributed by atoms with E-state index in [2.05, 4.69) is 41.2 Å². The molecule has 0 unspecified atom stereocenters. The highest BCUT2D eigenvalue weighted by atomic mass is 16.5. The third kappa shape index (κ3) is 7.17. The Hall–Kier alpha value is -2.67. The molecule has 2 aliphatic rings. The molecule has 1 aromatic carbocycles. The van der Waals surface area contributed by atoms with Gasteiger partial charge in [0.15, 0.2) is 0 Å². The number of carboxylic acid groups (broad SMARTS) is 1. The quantitative estimate of drug-likeness (QED) is 0.497. The van der Waals surface area contributed by atoms with Crippen molar-refractivity contribution in [2.45, 2.75) is 70.8 Å². The smallest absolute Gasteiger partial charge is 0.306 e. The monoisotopic (exact) mass is 481 g/mol. The highest BCUT2D eigenvalue weighted by Crippen LogP contribution is 2.31. The molecule has 190 valence electrons. The summed E-state index contributed by atoms with van der Waals surface area (Å²) in [6, 6.07) is 10.2. The van der Waals surface area contributed by atoms with Crippen molar-refractivity contribution < 1.29 is 19.4 Å². The minimum absolute atomic E-state index is 0.185. The van der Waals surface area contributed by atoms with Gasteiger partial charge in [-0.1, -0.05) is 25.5 Å². The van der Waals surface area contributed by atoms with Crippen LogP contribution in [-0.4, -0.2) is 59.0 Å². The van der Waals surface area contributed by atoms with Crippen LogP contribution in [0.4, 0.5) is 0 Å². The molecule has 7 heteroatoms. The van der Waals surface area contributed by atoms with E-state index in [1.807, 2.05) is 18.2 Å². The van der Waals surface area contributed by atoms with Crippen molar-refractivity contribution in [1.82, 2.24) is 15.1 Å². The van der Waals surface area contributed by atoms with Crippen LogP contribution < -0.4 is 9.47 Å². The number of likely N-dealkylation sites (tertiary alicyclic amines) is 1. The number of unbranched alkanes of at least 4 members (excludes halogenated alkanes) is 1. The lowest BCUT2D eigenvalue weighted by Gasteiger charge is -2.28. The van der Waals surface area contributed by atoms with E-state index in [-0.39, 0.29) is 12.0 Å². The topological polar surface area (TPSA) is 84.8 Å². The number of piperidine rings is 1. The highest BCUT2D eigenvalue weighted by molar-refractivity contribution is 5.70. The van der Waals surface area contributed by atoms with E-state index in [0.29, 0.717) is 18.4 Å². The number of benzene rings is 1. The van der Waals surface area contributed by atoms with E-state index in [9.17, 15) is 9.90 Å². The van der Waals surface area contributed by atoms with Gasteiger partial charge < -0.3 is 19.5 Å². The summed E-state index contributed by atoms with van der Waals surface area (Å²) in [6.45, 7) is 4.91. The average Bonchev–Trinajstić information content (AvgIpc) is 2.88. The minimum Gasteiger partial charge on any atom is -0.493 e. The second-order valence-electron chi connectivity index (χ2n) is 10.2. The number of nitrogens with zero attached hydrogens (tertiary/aromatic N) is 3. The molecule has 2 fully saturated rings. The summed E-state index contributed by atoms with van der Waals surface area (Å²) < 4.78 is 12.3. The molecule has 0 atom stereocenters. The van der Waals surface area contributed by atoms with E-state index in [1.54, 1.807) is 0 Å². The molecule has 0 radical (unpaired) electrons. The van der Waals surface area contributed by atoms with Gasteiger partial charge in [-0.3, -0.25) is 4.79 Å². The maximum Gasteiger partial charge on any atom is 0.306 e. The number of rotatable bonds is 10. The maximum atomic E-state index is 11.2. The summed E-state index contributed by atoms with van der Waals surface area (Å²) in [5, 5.41) is 18.1. The van der Waals surface area contributed by atoms with Gasteiger partial charge in [0, 0.05) is 24.7 Å². The average molecular weight is 482 g/mol. The minimum atomic E-state index is -0.663. The van der Waals surface area contributed by atoms with E-state index >= 15 is 0 Å². The molecule has 0 spiro atoms. The molecular weight excluding hydrogens is 442 g/mol. The molecule has 1 N–H and O–H groups in total. The number of aliphatic carboxylic acids is 1. The number of carboxylic acids is 1. The summed E-state index contributed by atoms with van der Waals surface area (Å²) in [7, 11) is 2.15. The second kappa shape index (κ2) is 12.3. The first-order chi connectivity index (χ1) is 17.0. The zero-order valence-electron chi connectivity index (χ0n) is 21.1. The Kier molecular flexibility index (Phi) is 8.96. The molecular formula is C28H39N3O4. The Morgan fingerprint density at radius 1 is 1.06 bits per heavy atom. The van der Waals surface area contributed by atoms with Crippen LogP contribution in [0, 0.1) is 11.8 Å². The van der Waals surface area contributed by atoms with Gasteiger partial charge in [0.2, 0.25) is 5.88 Å². The molecule has 2 aromatic rings. The van der Waals surface area contributed by atoms with Crippen molar-refractivity contribution in [2.75, 3.05) is 26.7 Å². The van der Waals surface area contributed by atoms with Crippen LogP contribution in [-0.2, 0) is 11.2 Å². The Morgan fingerprint density at radius 3 is 2.43 bits per heavy atom. The normalized spacial score (nSPS) is 21.5. The lowest BCUT2D eigenvalue weighted by Crippen LogP contribution is -2.35. The van der Waals surface area contributed by atoms with Gasteiger partial charge in [0.25, 0.3) is 0 Å². The van der Waals surface area contributed by atoms with Crippen LogP contribution in [0.3, 0.4) is 0 Å². The van der Waals surface area contributed by atoms with Crippen LogP contribution in [0.1, 0.15) is 64.0 Å². The molecule has 1 aliphatic carbocycles. The largest absolute Gasteiger partial charge is 0.493 e. The Bertz CT molecular complexity index is 949. The summed E-state index contributed by atoms with van der Waals surface area (Å²) in [5.41, 5.74) is 3.18. The zero-order valence-corrected chi connectivity index (χ0v) is 21.1. The molecule has 7 nitrogen and oxygen atoms in total. The summed E-state index contributed by atoms with van der Waals surface area (Å²) in [4.78, 5) is 13.5. The zero-order chi connectivity index (χ0) is 24.6. The molecule has 1 saturated heterocycles. The molecule has 1 aliphatic heterocycles. The van der Waals surface area contributed by atoms with Crippen LogP contribution in [0.15, 0.2) is 30.3 Å². The fraction of sp³-hybridized carbons (Fsp3) is 0.607. The van der Waals surface area contributed by atoms with Crippen LogP contribution in [0.5, 0.6) is 11.6 Å². The molecule has 35 heavy (non-hydrogen) atoms. The molecule has 1 aromatic heterocycles. The predicted octanol–water partition coefficient (Wildman–Crippen LogP) is 5.23. The van der Waals surface area contributed by atoms with Gasteiger partial charge in [-0.15, -0.1) is 5.10 Å². The lowest BCUT2D eigenvalue weighted by molar-refractivity contribution is -0.143. The van der Waals surface area contributed by atoms with E-state index in [0.717, 1.165) is 93.4 Å². The molecule has 4 rings (SSSR count). The van der Waals surface area contributed by atoms with Crippen molar-refractivity contribution in [3.8, 4) is 22.8 Å². The Labute approximate surface area is 208 Å². The molecule has 1 saturated carbocycles.